The van der Waals surface area contributed by atoms with Crippen molar-refractivity contribution in [3.8, 4) is 0 Å². The summed E-state index contributed by atoms with van der Waals surface area (Å²) in [6.07, 6.45) is 59.7. The molecule has 0 heterocycles. The van der Waals surface area contributed by atoms with Gasteiger partial charge in [0, 0.05) is 25.7 Å². The van der Waals surface area contributed by atoms with Gasteiger partial charge in [0.2, 0.25) is 0 Å². The Balaban J connectivity index is 5.22. The lowest BCUT2D eigenvalue weighted by molar-refractivity contribution is -0.161. The maximum atomic E-state index is 13.1. The van der Waals surface area contributed by atoms with Crippen LogP contribution in [0.25, 0.3) is 0 Å². The summed E-state index contributed by atoms with van der Waals surface area (Å²) in [5.74, 6) is 1.00. The molecule has 102 heavy (non-hydrogen) atoms. The maximum absolute atomic E-state index is 13.1. The number of carbonyl (C=O) groups excluding carboxylic acids is 4. The van der Waals surface area contributed by atoms with Crippen LogP contribution in [0.3, 0.4) is 0 Å². The van der Waals surface area contributed by atoms with Crippen LogP contribution in [0, 0.1) is 23.7 Å². The van der Waals surface area contributed by atoms with Crippen molar-refractivity contribution < 1.29 is 80.2 Å². The normalized spacial score (nSPS) is 14.3. The van der Waals surface area contributed by atoms with Crippen molar-refractivity contribution in [3.05, 3.63) is 0 Å². The van der Waals surface area contributed by atoms with E-state index in [2.05, 4.69) is 55.4 Å². The van der Waals surface area contributed by atoms with E-state index in [1.807, 2.05) is 0 Å². The molecule has 0 fully saturated rings. The Bertz CT molecular complexity index is 1990. The predicted molar refractivity (Wildman–Crippen MR) is 418 cm³/mol. The number of phosphoric acid groups is 2. The number of carbonyl (C=O) groups is 4. The average molecular weight is 1490 g/mol. The van der Waals surface area contributed by atoms with Gasteiger partial charge >= 0.3 is 39.5 Å². The molecule has 0 aromatic carbocycles. The van der Waals surface area contributed by atoms with Crippen LogP contribution in [0.1, 0.15) is 428 Å². The van der Waals surface area contributed by atoms with E-state index in [4.69, 9.17) is 37.0 Å². The molecular formula is C83H162O17P2. The van der Waals surface area contributed by atoms with Crippen molar-refractivity contribution in [2.24, 2.45) is 23.7 Å². The van der Waals surface area contributed by atoms with Crippen LogP contribution in [0.15, 0.2) is 0 Å². The molecule has 0 saturated heterocycles. The molecule has 17 nitrogen and oxygen atoms in total. The first kappa shape index (κ1) is 100. The lowest BCUT2D eigenvalue weighted by atomic mass is 10.00. The molecule has 0 aromatic heterocycles. The van der Waals surface area contributed by atoms with Gasteiger partial charge in [-0.3, -0.25) is 37.3 Å². The second-order valence-corrected chi connectivity index (χ2v) is 34.4. The van der Waals surface area contributed by atoms with Gasteiger partial charge in [0.15, 0.2) is 12.2 Å². The number of aliphatic hydroxyl groups excluding tert-OH is 1. The second-order valence-electron chi connectivity index (χ2n) is 31.5. The molecule has 0 aliphatic heterocycles. The molecule has 606 valence electrons. The number of aliphatic hydroxyl groups is 1. The number of hydrogen-bond donors (Lipinski definition) is 3. The van der Waals surface area contributed by atoms with E-state index in [0.29, 0.717) is 25.7 Å². The molecule has 6 atom stereocenters. The van der Waals surface area contributed by atoms with Gasteiger partial charge < -0.3 is 33.8 Å². The van der Waals surface area contributed by atoms with Crippen molar-refractivity contribution in [1.82, 2.24) is 0 Å². The fourth-order valence-corrected chi connectivity index (χ4v) is 14.3. The Morgan fingerprint density at radius 1 is 0.275 bits per heavy atom. The number of hydrogen-bond acceptors (Lipinski definition) is 15. The Kier molecular flexibility index (Phi) is 70.6. The number of rotatable bonds is 80. The lowest BCUT2D eigenvalue weighted by Gasteiger charge is -2.21. The Morgan fingerprint density at radius 3 is 0.696 bits per heavy atom. The molecule has 19 heteroatoms. The Morgan fingerprint density at radius 2 is 0.471 bits per heavy atom. The molecule has 0 radical (unpaired) electrons. The van der Waals surface area contributed by atoms with Crippen LogP contribution >= 0.6 is 15.6 Å². The summed E-state index contributed by atoms with van der Waals surface area (Å²) in [7, 11) is -9.92. The third-order valence-corrected chi connectivity index (χ3v) is 21.6. The fraction of sp³-hybridized carbons (Fsp3) is 0.952. The highest BCUT2D eigenvalue weighted by molar-refractivity contribution is 7.47. The zero-order valence-electron chi connectivity index (χ0n) is 67.2. The zero-order valence-corrected chi connectivity index (χ0v) is 69.0. The van der Waals surface area contributed by atoms with E-state index >= 15 is 0 Å². The molecule has 0 bridgehead atoms. The van der Waals surface area contributed by atoms with E-state index in [-0.39, 0.29) is 25.7 Å². The lowest BCUT2D eigenvalue weighted by Crippen LogP contribution is -2.30. The third kappa shape index (κ3) is 74.9. The molecule has 0 saturated carbocycles. The van der Waals surface area contributed by atoms with E-state index < -0.39 is 97.5 Å². The highest BCUT2D eigenvalue weighted by Gasteiger charge is 2.30. The number of unbranched alkanes of at least 4 members (excludes halogenated alkanes) is 45. The molecule has 3 unspecified atom stereocenters. The van der Waals surface area contributed by atoms with Gasteiger partial charge in [-0.2, -0.15) is 0 Å². The summed E-state index contributed by atoms with van der Waals surface area (Å²) < 4.78 is 68.8. The van der Waals surface area contributed by atoms with Crippen molar-refractivity contribution >= 4 is 39.5 Å². The Hall–Kier alpha value is -1.94. The monoisotopic (exact) mass is 1490 g/mol. The summed E-state index contributed by atoms with van der Waals surface area (Å²) >= 11 is 0. The first-order valence-electron chi connectivity index (χ1n) is 42.7. The molecule has 0 amide bonds. The Labute approximate surface area is 626 Å². The van der Waals surface area contributed by atoms with Crippen molar-refractivity contribution in [2.75, 3.05) is 39.6 Å². The van der Waals surface area contributed by atoms with Crippen LogP contribution in [0.5, 0.6) is 0 Å². The smallest absolute Gasteiger partial charge is 0.462 e. The topological polar surface area (TPSA) is 237 Å². The summed E-state index contributed by atoms with van der Waals surface area (Å²) in [6, 6.07) is 0. The predicted octanol–water partition coefficient (Wildman–Crippen LogP) is 24.8. The molecule has 0 aromatic rings. The van der Waals surface area contributed by atoms with Crippen molar-refractivity contribution in [2.45, 2.75) is 446 Å². The first-order chi connectivity index (χ1) is 49.1. The first-order valence-corrected chi connectivity index (χ1v) is 45.7. The highest BCUT2D eigenvalue weighted by Crippen LogP contribution is 2.45. The van der Waals surface area contributed by atoms with Gasteiger partial charge in [0.1, 0.15) is 19.3 Å². The molecule has 0 aliphatic rings. The number of ether oxygens (including phenoxy) is 4. The van der Waals surface area contributed by atoms with Crippen molar-refractivity contribution in [3.63, 3.8) is 0 Å². The van der Waals surface area contributed by atoms with Crippen LogP contribution < -0.4 is 0 Å². The third-order valence-electron chi connectivity index (χ3n) is 19.7. The minimum atomic E-state index is -4.96. The van der Waals surface area contributed by atoms with Crippen LogP contribution in [-0.4, -0.2) is 96.7 Å². The van der Waals surface area contributed by atoms with Crippen LogP contribution in [0.4, 0.5) is 0 Å². The largest absolute Gasteiger partial charge is 0.472 e. The van der Waals surface area contributed by atoms with Gasteiger partial charge in [0.25, 0.3) is 0 Å². The minimum absolute atomic E-state index is 0.106. The molecule has 0 rings (SSSR count). The molecule has 3 N–H and O–H groups in total. The van der Waals surface area contributed by atoms with Crippen molar-refractivity contribution in [1.29, 1.82) is 0 Å². The van der Waals surface area contributed by atoms with Gasteiger partial charge in [0.05, 0.1) is 26.4 Å². The van der Waals surface area contributed by atoms with Gasteiger partial charge in [-0.1, -0.05) is 376 Å². The molecule has 0 aliphatic carbocycles. The van der Waals surface area contributed by atoms with Gasteiger partial charge in [-0.05, 0) is 49.4 Å². The standard InChI is InChI=1S/C83H162O17P2/c1-9-76(8)62-54-46-41-42-48-56-64-81(86)94-70-79(100-83(88)66-58-50-40-34-28-22-21-25-31-37-45-53-61-75(6)7)72-98-102(91,92)96-68-77(84)67-95-101(89,90)97-71-78(99-82(87)65-57-49-39-33-27-20-16-18-24-30-36-44-52-60-74(4)5)69-93-80(85)63-55-47-38-32-26-19-15-13-11-10-12-14-17-23-29-35-43-51-59-73(2)3/h73-79,84H,9-72H2,1-8H3,(H,89,90)(H,91,92)/t76?,77-,78-,79-/m1/s1. The SMILES string of the molecule is CCC(C)CCCCCCCCC(=O)OC[C@H](COP(=O)(O)OC[C@H](O)COP(=O)(O)OC[C@@H](COC(=O)CCCCCCCCCCCCCCCCCCCCC(C)C)OC(=O)CCCCCCCCCCCCCCCC(C)C)OC(=O)CCCCCCCCCCCCCCC(C)C. The summed E-state index contributed by atoms with van der Waals surface area (Å²) in [4.78, 5) is 73.1. The summed E-state index contributed by atoms with van der Waals surface area (Å²) in [5, 5.41) is 10.7. The average Bonchev–Trinajstić information content (AvgIpc) is 0.911. The quantitative estimate of drug-likeness (QED) is 0.0222. The summed E-state index contributed by atoms with van der Waals surface area (Å²) in [6.45, 7) is 14.3. The summed E-state index contributed by atoms with van der Waals surface area (Å²) in [5.41, 5.74) is 0. The fourth-order valence-electron chi connectivity index (χ4n) is 12.8. The number of esters is 4. The molecular weight excluding hydrogens is 1330 g/mol. The van der Waals surface area contributed by atoms with E-state index in [9.17, 15) is 43.2 Å². The van der Waals surface area contributed by atoms with Gasteiger partial charge in [-0.15, -0.1) is 0 Å². The molecule has 0 spiro atoms. The van der Waals surface area contributed by atoms with E-state index in [1.165, 1.54) is 225 Å². The highest BCUT2D eigenvalue weighted by atomic mass is 31.2. The minimum Gasteiger partial charge on any atom is -0.462 e. The van der Waals surface area contributed by atoms with E-state index in [0.717, 1.165) is 120 Å². The van der Waals surface area contributed by atoms with Crippen LogP contribution in [0.2, 0.25) is 0 Å². The second kappa shape index (κ2) is 72.0. The maximum Gasteiger partial charge on any atom is 0.472 e. The van der Waals surface area contributed by atoms with Crippen LogP contribution in [-0.2, 0) is 65.4 Å². The van der Waals surface area contributed by atoms with E-state index in [1.54, 1.807) is 0 Å². The van der Waals surface area contributed by atoms with Gasteiger partial charge in [-0.25, -0.2) is 9.13 Å². The number of phosphoric ester groups is 2. The zero-order chi connectivity index (χ0) is 75.3.